The summed E-state index contributed by atoms with van der Waals surface area (Å²) in [6, 6.07) is 32.0. The van der Waals surface area contributed by atoms with E-state index in [-0.39, 0.29) is 0 Å². The summed E-state index contributed by atoms with van der Waals surface area (Å²) in [5, 5.41) is 0.685. The molecule has 0 unspecified atom stereocenters. The zero-order chi connectivity index (χ0) is 20.1. The van der Waals surface area contributed by atoms with Crippen LogP contribution in [0.25, 0.3) is 0 Å². The zero-order valence-corrected chi connectivity index (χ0v) is 16.4. The van der Waals surface area contributed by atoms with Gasteiger partial charge in [-0.15, -0.1) is 0 Å². The van der Waals surface area contributed by atoms with Gasteiger partial charge in [-0.25, -0.2) is 0 Å². The third-order valence-electron chi connectivity index (χ3n) is 4.33. The van der Waals surface area contributed by atoms with Crippen molar-refractivity contribution in [2.75, 3.05) is 0 Å². The highest BCUT2D eigenvalue weighted by atomic mass is 31.2. The molecular weight excluding hydrogens is 383 g/mol. The lowest BCUT2D eigenvalue weighted by Crippen LogP contribution is -2.15. The van der Waals surface area contributed by atoms with Gasteiger partial charge in [0, 0.05) is 10.6 Å². The Kier molecular flexibility index (Phi) is 5.48. The lowest BCUT2D eigenvalue weighted by Gasteiger charge is -2.14. The van der Waals surface area contributed by atoms with Gasteiger partial charge in [0.15, 0.2) is 0 Å². The molecule has 0 aliphatic heterocycles. The predicted molar refractivity (Wildman–Crippen MR) is 115 cm³/mol. The Hall–Kier alpha value is -3.33. The van der Waals surface area contributed by atoms with Crippen LogP contribution in [-0.4, -0.2) is 4.89 Å². The quantitative estimate of drug-likeness (QED) is 0.433. The molecule has 0 bridgehead atoms. The van der Waals surface area contributed by atoms with Crippen LogP contribution in [0.15, 0.2) is 109 Å². The molecule has 4 aromatic carbocycles. The van der Waals surface area contributed by atoms with E-state index >= 15 is 0 Å². The van der Waals surface area contributed by atoms with E-state index in [2.05, 4.69) is 0 Å². The summed E-state index contributed by atoms with van der Waals surface area (Å²) in [5.41, 5.74) is 0. The first-order valence-electron chi connectivity index (χ1n) is 9.11. The largest absolute Gasteiger partial charge is 0.457 e. The maximum atomic E-state index is 13.0. The lowest BCUT2D eigenvalue weighted by molar-refractivity contribution is 0.482. The fraction of sp³-hybridized carbons (Fsp3) is 0. The summed E-state index contributed by atoms with van der Waals surface area (Å²) in [4.78, 5) is 10.7. The van der Waals surface area contributed by atoms with Gasteiger partial charge in [0.25, 0.3) is 7.37 Å². The maximum absolute atomic E-state index is 13.0. The predicted octanol–water partition coefficient (Wildman–Crippen LogP) is 5.49. The van der Waals surface area contributed by atoms with Crippen LogP contribution in [-0.2, 0) is 4.57 Å². The monoisotopic (exact) mass is 402 g/mol. The normalized spacial score (nSPS) is 11.1. The Morgan fingerprint density at radius 1 is 0.483 bits per heavy atom. The van der Waals surface area contributed by atoms with Crippen molar-refractivity contribution < 1.29 is 18.9 Å². The van der Waals surface area contributed by atoms with Crippen molar-refractivity contribution in [2.45, 2.75) is 0 Å². The van der Waals surface area contributed by atoms with E-state index in [1.807, 2.05) is 60.7 Å². The highest BCUT2D eigenvalue weighted by molar-refractivity contribution is 7.73. The molecule has 1 N–H and O–H groups in total. The third kappa shape index (κ3) is 4.57. The SMILES string of the molecule is O=P(O)(c1ccc(Oc2ccccc2)cc1)c1ccc(Oc2ccccc2)cc1. The molecule has 0 atom stereocenters. The Bertz CT molecular complexity index is 1020. The molecule has 0 fully saturated rings. The van der Waals surface area contributed by atoms with Crippen LogP contribution in [0.5, 0.6) is 23.0 Å². The Labute approximate surface area is 169 Å². The molecule has 0 radical (unpaired) electrons. The molecule has 0 aromatic heterocycles. The molecule has 29 heavy (non-hydrogen) atoms. The summed E-state index contributed by atoms with van der Waals surface area (Å²) in [7, 11) is -3.71. The van der Waals surface area contributed by atoms with E-state index in [1.54, 1.807) is 48.5 Å². The standard InChI is InChI=1S/C24H19O4P/c25-29(26,23-15-11-21(12-16-23)27-19-7-3-1-4-8-19)24-17-13-22(14-18-24)28-20-9-5-2-6-10-20/h1-18H,(H,25,26). The Morgan fingerprint density at radius 3 is 1.14 bits per heavy atom. The van der Waals surface area contributed by atoms with Crippen LogP contribution in [0, 0.1) is 0 Å². The minimum absolute atomic E-state index is 0.342. The van der Waals surface area contributed by atoms with Crippen LogP contribution in [0.2, 0.25) is 0 Å². The smallest absolute Gasteiger partial charge is 0.258 e. The van der Waals surface area contributed by atoms with Crippen molar-refractivity contribution >= 4 is 18.0 Å². The van der Waals surface area contributed by atoms with Crippen LogP contribution < -0.4 is 20.1 Å². The van der Waals surface area contributed by atoms with Crippen molar-refractivity contribution in [3.63, 3.8) is 0 Å². The van der Waals surface area contributed by atoms with Gasteiger partial charge in [-0.3, -0.25) is 4.57 Å². The van der Waals surface area contributed by atoms with E-state index in [1.165, 1.54) is 0 Å². The third-order valence-corrected chi connectivity index (χ3v) is 6.33. The van der Waals surface area contributed by atoms with Gasteiger partial charge < -0.3 is 14.4 Å². The molecule has 0 aliphatic rings. The second kappa shape index (κ2) is 8.36. The summed E-state index contributed by atoms with van der Waals surface area (Å²) in [6.45, 7) is 0. The zero-order valence-electron chi connectivity index (χ0n) is 15.5. The van der Waals surface area contributed by atoms with Crippen LogP contribution >= 0.6 is 7.37 Å². The number of hydrogen-bond donors (Lipinski definition) is 1. The molecule has 4 nitrogen and oxygen atoms in total. The van der Waals surface area contributed by atoms with E-state index in [0.29, 0.717) is 33.6 Å². The molecule has 0 spiro atoms. The van der Waals surface area contributed by atoms with Gasteiger partial charge in [-0.2, -0.15) is 0 Å². The minimum Gasteiger partial charge on any atom is -0.457 e. The molecule has 0 saturated heterocycles. The molecule has 0 saturated carbocycles. The van der Waals surface area contributed by atoms with Crippen LogP contribution in [0.1, 0.15) is 0 Å². The van der Waals surface area contributed by atoms with E-state index in [4.69, 9.17) is 9.47 Å². The van der Waals surface area contributed by atoms with Gasteiger partial charge in [-0.1, -0.05) is 36.4 Å². The molecule has 0 aliphatic carbocycles. The molecule has 4 rings (SSSR count). The van der Waals surface area contributed by atoms with E-state index in [0.717, 1.165) is 0 Å². The molecule has 0 heterocycles. The van der Waals surface area contributed by atoms with Crippen molar-refractivity contribution in [1.82, 2.24) is 0 Å². The van der Waals surface area contributed by atoms with E-state index < -0.39 is 7.37 Å². The first-order chi connectivity index (χ1) is 14.1. The van der Waals surface area contributed by atoms with Crippen LogP contribution in [0.3, 0.4) is 0 Å². The minimum atomic E-state index is -3.71. The number of ether oxygens (including phenoxy) is 2. The van der Waals surface area contributed by atoms with Gasteiger partial charge in [0.2, 0.25) is 0 Å². The average molecular weight is 402 g/mol. The van der Waals surface area contributed by atoms with Gasteiger partial charge in [-0.05, 0) is 72.8 Å². The van der Waals surface area contributed by atoms with Gasteiger partial charge >= 0.3 is 0 Å². The number of benzene rings is 4. The topological polar surface area (TPSA) is 55.8 Å². The van der Waals surface area contributed by atoms with Crippen molar-refractivity contribution in [1.29, 1.82) is 0 Å². The first-order valence-corrected chi connectivity index (χ1v) is 10.8. The average Bonchev–Trinajstić information content (AvgIpc) is 2.76. The van der Waals surface area contributed by atoms with Crippen molar-refractivity contribution in [3.05, 3.63) is 109 Å². The highest BCUT2D eigenvalue weighted by Gasteiger charge is 2.24. The summed E-state index contributed by atoms with van der Waals surface area (Å²) in [5.74, 6) is 2.63. The number of hydrogen-bond acceptors (Lipinski definition) is 3. The van der Waals surface area contributed by atoms with Crippen molar-refractivity contribution in [3.8, 4) is 23.0 Å². The summed E-state index contributed by atoms with van der Waals surface area (Å²) >= 11 is 0. The molecular formula is C24H19O4P. The summed E-state index contributed by atoms with van der Waals surface area (Å²) < 4.78 is 24.5. The van der Waals surface area contributed by atoms with Crippen molar-refractivity contribution in [2.24, 2.45) is 0 Å². The lowest BCUT2D eigenvalue weighted by atomic mass is 10.3. The second-order valence-electron chi connectivity index (χ2n) is 6.39. The molecule has 144 valence electrons. The highest BCUT2D eigenvalue weighted by Crippen LogP contribution is 2.39. The number of rotatable bonds is 6. The number of para-hydroxylation sites is 2. The Morgan fingerprint density at radius 2 is 0.793 bits per heavy atom. The second-order valence-corrected chi connectivity index (χ2v) is 8.58. The van der Waals surface area contributed by atoms with Gasteiger partial charge in [0.1, 0.15) is 23.0 Å². The molecule has 0 amide bonds. The van der Waals surface area contributed by atoms with E-state index in [9.17, 15) is 9.46 Å². The molecule has 4 aromatic rings. The summed E-state index contributed by atoms with van der Waals surface area (Å²) in [6.07, 6.45) is 0. The fourth-order valence-corrected chi connectivity index (χ4v) is 4.24. The maximum Gasteiger partial charge on any atom is 0.258 e. The van der Waals surface area contributed by atoms with Gasteiger partial charge in [0.05, 0.1) is 0 Å². The molecule has 5 heteroatoms. The van der Waals surface area contributed by atoms with Crippen LogP contribution in [0.4, 0.5) is 0 Å². The fourth-order valence-electron chi connectivity index (χ4n) is 2.83. The Balaban J connectivity index is 1.49. The first kappa shape index (κ1) is 19.0.